The first-order valence-corrected chi connectivity index (χ1v) is 9.95. The van der Waals surface area contributed by atoms with Gasteiger partial charge in [0.05, 0.1) is 0 Å². The number of fused-ring (bicyclic) bond motifs is 1. The molecule has 4 heteroatoms. The molecular weight excluding hydrogens is 368 g/mol. The first-order chi connectivity index (χ1) is 13.2. The zero-order chi connectivity index (χ0) is 18.9. The molecule has 3 nitrogen and oxygen atoms in total. The van der Waals surface area contributed by atoms with Crippen LogP contribution in [-0.2, 0) is 11.3 Å². The van der Waals surface area contributed by atoms with Gasteiger partial charge in [0, 0.05) is 36.3 Å². The van der Waals surface area contributed by atoms with Crippen molar-refractivity contribution >= 4 is 22.8 Å². The third kappa shape index (κ3) is 6.65. The zero-order valence-corrected chi connectivity index (χ0v) is 17.3. The van der Waals surface area contributed by atoms with Crippen LogP contribution in [-0.4, -0.2) is 10.4 Å². The number of hydrogen-bond donors (Lipinski definition) is 0. The summed E-state index contributed by atoms with van der Waals surface area (Å²) in [5.74, 6) is 0.216. The molecule has 0 radical (unpaired) electrons. The molecule has 0 saturated carbocycles. The number of carbonyl (C=O) groups is 1. The van der Waals surface area contributed by atoms with Crippen LogP contribution in [0.15, 0.2) is 61.1 Å². The second-order valence-corrected chi connectivity index (χ2v) is 7.23. The molecule has 3 rings (SSSR count). The molecule has 0 aliphatic heterocycles. The molecule has 0 spiro atoms. The number of aromatic nitrogens is 2. The number of nitrogens with one attached hydrogen (secondary N) is 1. The van der Waals surface area contributed by atoms with Crippen LogP contribution in [0, 0.1) is 6.92 Å². The number of ketones is 1. The van der Waals surface area contributed by atoms with E-state index in [0.717, 1.165) is 24.9 Å². The summed E-state index contributed by atoms with van der Waals surface area (Å²) >= 11 is 0. The predicted octanol–water partition coefficient (Wildman–Crippen LogP) is 2.39. The molecule has 148 valence electrons. The van der Waals surface area contributed by atoms with E-state index in [-0.39, 0.29) is 18.2 Å². The molecule has 2 aromatic heterocycles. The quantitative estimate of drug-likeness (QED) is 0.383. The van der Waals surface area contributed by atoms with Gasteiger partial charge in [-0.25, -0.2) is 4.98 Å². The number of unbranched alkanes of at least 4 members (excludes halogenated alkanes) is 4. The summed E-state index contributed by atoms with van der Waals surface area (Å²) in [5.41, 5.74) is 3.67. The fourth-order valence-electron chi connectivity index (χ4n) is 3.41. The van der Waals surface area contributed by atoms with Crippen LogP contribution in [0.25, 0.3) is 17.0 Å². The number of rotatable bonds is 10. The van der Waals surface area contributed by atoms with Crippen molar-refractivity contribution in [1.29, 1.82) is 0 Å². The first kappa shape index (κ1) is 21.9. The van der Waals surface area contributed by atoms with E-state index in [2.05, 4.69) is 46.9 Å². The first-order valence-electron chi connectivity index (χ1n) is 9.95. The molecule has 0 bridgehead atoms. The third-order valence-corrected chi connectivity index (χ3v) is 4.94. The number of halogens is 1. The van der Waals surface area contributed by atoms with E-state index in [1.165, 1.54) is 35.7 Å². The molecule has 0 amide bonds. The molecule has 0 unspecified atom stereocenters. The SMILES string of the molecule is Cc1ccc2c(ccn2CCCCCCCC(=O)/C=C/c2ccc[nH+]c2)c1.[Cl-]. The van der Waals surface area contributed by atoms with Crippen LogP contribution in [0.3, 0.4) is 0 Å². The highest BCUT2D eigenvalue weighted by atomic mass is 35.5. The van der Waals surface area contributed by atoms with Crippen LogP contribution in [0.5, 0.6) is 0 Å². The van der Waals surface area contributed by atoms with Gasteiger partial charge in [0.2, 0.25) is 0 Å². The number of carbonyl (C=O) groups excluding carboxylic acids is 1. The van der Waals surface area contributed by atoms with E-state index in [1.54, 1.807) is 6.08 Å². The summed E-state index contributed by atoms with van der Waals surface area (Å²) in [7, 11) is 0. The molecule has 0 atom stereocenters. The van der Waals surface area contributed by atoms with Crippen LogP contribution in [0.4, 0.5) is 0 Å². The van der Waals surface area contributed by atoms with Crippen molar-refractivity contribution in [1.82, 2.24) is 4.57 Å². The van der Waals surface area contributed by atoms with Crippen LogP contribution >= 0.6 is 0 Å². The molecule has 28 heavy (non-hydrogen) atoms. The third-order valence-electron chi connectivity index (χ3n) is 4.94. The van der Waals surface area contributed by atoms with Crippen molar-refractivity contribution in [3.05, 3.63) is 72.2 Å². The lowest BCUT2D eigenvalue weighted by Gasteiger charge is -2.06. The van der Waals surface area contributed by atoms with Gasteiger partial charge < -0.3 is 17.0 Å². The lowest BCUT2D eigenvalue weighted by molar-refractivity contribution is -0.378. The molecule has 2 heterocycles. The summed E-state index contributed by atoms with van der Waals surface area (Å²) in [6.45, 7) is 3.21. The zero-order valence-electron chi connectivity index (χ0n) is 16.5. The number of allylic oxidation sites excluding steroid dienone is 1. The Balaban J connectivity index is 0.00000280. The van der Waals surface area contributed by atoms with Gasteiger partial charge >= 0.3 is 0 Å². The van der Waals surface area contributed by atoms with Crippen molar-refractivity contribution in [2.45, 2.75) is 52.0 Å². The Hall–Kier alpha value is -2.39. The predicted molar refractivity (Wildman–Crippen MR) is 111 cm³/mol. The van der Waals surface area contributed by atoms with Crippen LogP contribution < -0.4 is 17.4 Å². The maximum absolute atomic E-state index is 11.9. The Kier molecular flexibility index (Phi) is 8.96. The van der Waals surface area contributed by atoms with Gasteiger partial charge in [-0.05, 0) is 61.6 Å². The fourth-order valence-corrected chi connectivity index (χ4v) is 3.41. The van der Waals surface area contributed by atoms with Crippen LogP contribution in [0.2, 0.25) is 0 Å². The lowest BCUT2D eigenvalue weighted by atomic mass is 10.1. The van der Waals surface area contributed by atoms with Gasteiger partial charge in [-0.3, -0.25) is 4.79 Å². The molecule has 0 fully saturated rings. The molecule has 3 aromatic rings. The second kappa shape index (κ2) is 11.5. The lowest BCUT2D eigenvalue weighted by Crippen LogP contribution is -3.00. The maximum atomic E-state index is 11.9. The monoisotopic (exact) mass is 396 g/mol. The van der Waals surface area contributed by atoms with Gasteiger partial charge in [0.25, 0.3) is 0 Å². The van der Waals surface area contributed by atoms with Crippen LogP contribution in [0.1, 0.15) is 49.7 Å². The normalized spacial score (nSPS) is 11.0. The van der Waals surface area contributed by atoms with Crippen molar-refractivity contribution in [3.63, 3.8) is 0 Å². The van der Waals surface area contributed by atoms with Crippen molar-refractivity contribution in [2.75, 3.05) is 0 Å². The molecule has 1 aromatic carbocycles. The largest absolute Gasteiger partial charge is 1.00 e. The summed E-state index contributed by atoms with van der Waals surface area (Å²) in [6, 6.07) is 12.8. The molecule has 1 N–H and O–H groups in total. The topological polar surface area (TPSA) is 36.1 Å². The van der Waals surface area contributed by atoms with Gasteiger partial charge in [0.15, 0.2) is 18.2 Å². The highest BCUT2D eigenvalue weighted by Crippen LogP contribution is 2.18. The summed E-state index contributed by atoms with van der Waals surface area (Å²) < 4.78 is 2.35. The standard InChI is InChI=1S/C24H28N2O.ClH/c1-20-10-13-24-22(18-20)14-17-26(24)16-6-4-2-3-5-9-23(27)12-11-21-8-7-15-25-19-21;/h7-8,10-15,17-19H,2-6,9,16H2,1H3;1H/b12-11+;. The summed E-state index contributed by atoms with van der Waals surface area (Å²) in [5, 5.41) is 1.33. The van der Waals surface area contributed by atoms with E-state index < -0.39 is 0 Å². The molecular formula is C24H29ClN2O. The van der Waals surface area contributed by atoms with E-state index >= 15 is 0 Å². The highest BCUT2D eigenvalue weighted by Gasteiger charge is 2.01. The van der Waals surface area contributed by atoms with E-state index in [0.29, 0.717) is 6.42 Å². The van der Waals surface area contributed by atoms with Crippen molar-refractivity contribution in [3.8, 4) is 0 Å². The average molecular weight is 397 g/mol. The van der Waals surface area contributed by atoms with Crippen molar-refractivity contribution < 1.29 is 22.2 Å². The Morgan fingerprint density at radius 3 is 2.71 bits per heavy atom. The van der Waals surface area contributed by atoms with Gasteiger partial charge in [0.1, 0.15) is 0 Å². The smallest absolute Gasteiger partial charge is 0.174 e. The fraction of sp³-hybridized carbons (Fsp3) is 0.333. The second-order valence-electron chi connectivity index (χ2n) is 7.23. The minimum Gasteiger partial charge on any atom is -1.00 e. The van der Waals surface area contributed by atoms with Gasteiger partial charge in [-0.2, -0.15) is 0 Å². The molecule has 0 aliphatic rings. The Labute approximate surface area is 173 Å². The summed E-state index contributed by atoms with van der Waals surface area (Å²) in [6.07, 6.45) is 15.9. The Morgan fingerprint density at radius 1 is 1.07 bits per heavy atom. The van der Waals surface area contributed by atoms with E-state index in [1.807, 2.05) is 30.6 Å². The highest BCUT2D eigenvalue weighted by molar-refractivity contribution is 5.93. The minimum absolute atomic E-state index is 0. The average Bonchev–Trinajstić information content (AvgIpc) is 3.08. The van der Waals surface area contributed by atoms with E-state index in [9.17, 15) is 4.79 Å². The van der Waals surface area contributed by atoms with Gasteiger partial charge in [-0.1, -0.05) is 30.9 Å². The van der Waals surface area contributed by atoms with Gasteiger partial charge in [-0.15, -0.1) is 0 Å². The van der Waals surface area contributed by atoms with E-state index in [4.69, 9.17) is 0 Å². The number of nitrogens with zero attached hydrogens (tertiary/aromatic N) is 1. The number of aryl methyl sites for hydroxylation is 2. The Morgan fingerprint density at radius 2 is 1.89 bits per heavy atom. The number of aromatic amines is 1. The maximum Gasteiger partial charge on any atom is 0.174 e. The number of hydrogen-bond acceptors (Lipinski definition) is 1. The number of H-pyrrole nitrogens is 1. The number of pyridine rings is 1. The number of benzene rings is 1. The Bertz CT molecular complexity index is 899. The molecule has 0 aliphatic carbocycles. The summed E-state index contributed by atoms with van der Waals surface area (Å²) in [4.78, 5) is 14.9. The minimum atomic E-state index is 0. The van der Waals surface area contributed by atoms with Crippen molar-refractivity contribution in [2.24, 2.45) is 0 Å². The molecule has 0 saturated heterocycles.